The number of hydrogen-bond donors (Lipinski definition) is 2. The lowest BCUT2D eigenvalue weighted by atomic mass is 10.1. The molecule has 0 bridgehead atoms. The van der Waals surface area contributed by atoms with Gasteiger partial charge >= 0.3 is 5.97 Å². The number of benzene rings is 2. The molecule has 0 spiro atoms. The van der Waals surface area contributed by atoms with Gasteiger partial charge in [-0.1, -0.05) is 41.4 Å². The van der Waals surface area contributed by atoms with E-state index < -0.39 is 11.9 Å². The molecule has 0 unspecified atom stereocenters. The zero-order valence-electron chi connectivity index (χ0n) is 14.6. The van der Waals surface area contributed by atoms with Crippen molar-refractivity contribution in [2.24, 2.45) is 0 Å². The molecule has 3 rings (SSSR count). The number of furan rings is 1. The predicted octanol–water partition coefficient (Wildman–Crippen LogP) is 5.50. The number of carbonyl (C=O) groups excluding carboxylic acids is 1. The van der Waals surface area contributed by atoms with E-state index in [1.807, 2.05) is 6.07 Å². The molecule has 0 aliphatic carbocycles. The Morgan fingerprint density at radius 2 is 1.79 bits per heavy atom. The number of rotatable bonds is 5. The summed E-state index contributed by atoms with van der Waals surface area (Å²) in [5.41, 5.74) is 0.902. The summed E-state index contributed by atoms with van der Waals surface area (Å²) in [6.07, 6.45) is 1.29. The molecule has 2 N–H and O–H groups in total. The Bertz CT molecular complexity index is 1160. The first-order valence-electron chi connectivity index (χ1n) is 8.20. The quantitative estimate of drug-likeness (QED) is 0.414. The van der Waals surface area contributed by atoms with Crippen LogP contribution in [-0.4, -0.2) is 17.0 Å². The zero-order valence-corrected chi connectivity index (χ0v) is 16.2. The van der Waals surface area contributed by atoms with E-state index in [1.165, 1.54) is 18.2 Å². The summed E-state index contributed by atoms with van der Waals surface area (Å²) >= 11 is 12.0. The highest BCUT2D eigenvalue weighted by molar-refractivity contribution is 6.44. The fourth-order valence-corrected chi connectivity index (χ4v) is 2.79. The van der Waals surface area contributed by atoms with Crippen LogP contribution in [0.5, 0.6) is 0 Å². The number of carboxylic acid groups (broad SMARTS) is 1. The Morgan fingerprint density at radius 3 is 2.45 bits per heavy atom. The lowest BCUT2D eigenvalue weighted by Crippen LogP contribution is -2.13. The summed E-state index contributed by atoms with van der Waals surface area (Å²) < 4.78 is 5.64. The second-order valence-corrected chi connectivity index (χ2v) is 6.60. The zero-order chi connectivity index (χ0) is 21.0. The van der Waals surface area contributed by atoms with Crippen LogP contribution in [0.15, 0.2) is 64.6 Å². The molecule has 2 aromatic carbocycles. The minimum absolute atomic E-state index is 0.156. The summed E-state index contributed by atoms with van der Waals surface area (Å²) in [6.45, 7) is 0. The molecular formula is C21H12Cl2N2O4. The molecule has 0 aliphatic heterocycles. The molecule has 3 aromatic rings. The number of hydrogen-bond acceptors (Lipinski definition) is 4. The van der Waals surface area contributed by atoms with Gasteiger partial charge < -0.3 is 14.8 Å². The molecular weight excluding hydrogens is 415 g/mol. The number of anilines is 1. The van der Waals surface area contributed by atoms with Crippen LogP contribution in [0.1, 0.15) is 16.1 Å². The Balaban J connectivity index is 1.81. The van der Waals surface area contributed by atoms with Gasteiger partial charge in [0.25, 0.3) is 5.91 Å². The molecule has 1 amide bonds. The van der Waals surface area contributed by atoms with Crippen LogP contribution in [0.4, 0.5) is 5.69 Å². The van der Waals surface area contributed by atoms with E-state index in [2.05, 4.69) is 5.32 Å². The second-order valence-electron chi connectivity index (χ2n) is 5.81. The van der Waals surface area contributed by atoms with E-state index in [4.69, 9.17) is 32.7 Å². The van der Waals surface area contributed by atoms with Crippen LogP contribution in [0, 0.1) is 11.3 Å². The van der Waals surface area contributed by atoms with Gasteiger partial charge in [0, 0.05) is 11.6 Å². The number of nitrogens with one attached hydrogen (secondary N) is 1. The first-order valence-corrected chi connectivity index (χ1v) is 8.95. The standard InChI is InChI=1S/C21H12Cl2N2O4/c22-16-2-1-3-17(19(16)23)25-20(26)14(11-24)10-15-8-9-18(29-15)12-4-6-13(7-5-12)21(27)28/h1-10H,(H,25,26)(H,27,28). The lowest BCUT2D eigenvalue weighted by molar-refractivity contribution is -0.112. The first kappa shape index (κ1) is 20.2. The summed E-state index contributed by atoms with van der Waals surface area (Å²) in [4.78, 5) is 23.3. The molecule has 1 heterocycles. The summed E-state index contributed by atoms with van der Waals surface area (Å²) in [7, 11) is 0. The third-order valence-corrected chi connectivity index (χ3v) is 4.71. The molecule has 0 radical (unpaired) electrons. The number of nitrogens with zero attached hydrogens (tertiary/aromatic N) is 1. The molecule has 0 atom stereocenters. The smallest absolute Gasteiger partial charge is 0.335 e. The predicted molar refractivity (Wildman–Crippen MR) is 110 cm³/mol. The van der Waals surface area contributed by atoms with E-state index in [-0.39, 0.29) is 32.6 Å². The topological polar surface area (TPSA) is 103 Å². The molecule has 29 heavy (non-hydrogen) atoms. The fraction of sp³-hybridized carbons (Fsp3) is 0. The number of nitriles is 1. The molecule has 144 valence electrons. The maximum Gasteiger partial charge on any atom is 0.335 e. The molecule has 0 saturated carbocycles. The van der Waals surface area contributed by atoms with Crippen LogP contribution in [-0.2, 0) is 4.79 Å². The van der Waals surface area contributed by atoms with Gasteiger partial charge in [0.1, 0.15) is 23.2 Å². The third kappa shape index (κ3) is 4.66. The molecule has 0 saturated heterocycles. The lowest BCUT2D eigenvalue weighted by Gasteiger charge is -2.07. The van der Waals surface area contributed by atoms with E-state index in [1.54, 1.807) is 42.5 Å². The number of carboxylic acids is 1. The van der Waals surface area contributed by atoms with Crippen molar-refractivity contribution in [3.8, 4) is 17.4 Å². The molecule has 6 nitrogen and oxygen atoms in total. The van der Waals surface area contributed by atoms with Crippen molar-refractivity contribution >= 4 is 46.8 Å². The molecule has 0 fully saturated rings. The molecule has 1 aromatic heterocycles. The fourth-order valence-electron chi connectivity index (χ4n) is 2.44. The van der Waals surface area contributed by atoms with Gasteiger partial charge in [-0.25, -0.2) is 4.79 Å². The number of aromatic carboxylic acids is 1. The van der Waals surface area contributed by atoms with Crippen molar-refractivity contribution in [1.82, 2.24) is 0 Å². The first-order chi connectivity index (χ1) is 13.9. The average molecular weight is 427 g/mol. The van der Waals surface area contributed by atoms with E-state index in [9.17, 15) is 14.9 Å². The maximum absolute atomic E-state index is 12.4. The van der Waals surface area contributed by atoms with Crippen LogP contribution in [0.3, 0.4) is 0 Å². The van der Waals surface area contributed by atoms with Gasteiger partial charge in [-0.2, -0.15) is 5.26 Å². The highest BCUT2D eigenvalue weighted by Gasteiger charge is 2.14. The van der Waals surface area contributed by atoms with Gasteiger partial charge in [-0.3, -0.25) is 4.79 Å². The average Bonchev–Trinajstić information content (AvgIpc) is 3.18. The Kier molecular flexibility index (Phi) is 6.03. The Hall–Kier alpha value is -3.53. The summed E-state index contributed by atoms with van der Waals surface area (Å²) in [6, 6.07) is 16.0. The largest absolute Gasteiger partial charge is 0.478 e. The summed E-state index contributed by atoms with van der Waals surface area (Å²) in [5.74, 6) is -0.945. The van der Waals surface area contributed by atoms with Crippen LogP contribution >= 0.6 is 23.2 Å². The van der Waals surface area contributed by atoms with Gasteiger partial charge in [-0.05, 0) is 36.4 Å². The van der Waals surface area contributed by atoms with Gasteiger partial charge in [0.2, 0.25) is 0 Å². The highest BCUT2D eigenvalue weighted by atomic mass is 35.5. The van der Waals surface area contributed by atoms with Crippen molar-refractivity contribution < 1.29 is 19.1 Å². The van der Waals surface area contributed by atoms with Crippen molar-refractivity contribution in [2.75, 3.05) is 5.32 Å². The van der Waals surface area contributed by atoms with Crippen LogP contribution in [0.2, 0.25) is 10.0 Å². The number of amides is 1. The van der Waals surface area contributed by atoms with Gasteiger partial charge in [0.05, 0.1) is 21.3 Å². The van der Waals surface area contributed by atoms with Crippen molar-refractivity contribution in [1.29, 1.82) is 5.26 Å². The minimum Gasteiger partial charge on any atom is -0.478 e. The van der Waals surface area contributed by atoms with Crippen molar-refractivity contribution in [3.63, 3.8) is 0 Å². The number of halogens is 2. The monoisotopic (exact) mass is 426 g/mol. The second kappa shape index (κ2) is 8.65. The molecule has 0 aliphatic rings. The van der Waals surface area contributed by atoms with E-state index in [0.717, 1.165) is 0 Å². The maximum atomic E-state index is 12.4. The van der Waals surface area contributed by atoms with Gasteiger partial charge in [-0.15, -0.1) is 0 Å². The molecule has 8 heteroatoms. The van der Waals surface area contributed by atoms with Crippen LogP contribution in [0.25, 0.3) is 17.4 Å². The minimum atomic E-state index is -1.02. The van der Waals surface area contributed by atoms with Crippen molar-refractivity contribution in [2.45, 2.75) is 0 Å². The summed E-state index contributed by atoms with van der Waals surface area (Å²) in [5, 5.41) is 21.3. The van der Waals surface area contributed by atoms with Crippen LogP contribution < -0.4 is 5.32 Å². The van der Waals surface area contributed by atoms with Gasteiger partial charge in [0.15, 0.2) is 0 Å². The SMILES string of the molecule is N#CC(=Cc1ccc(-c2ccc(C(=O)O)cc2)o1)C(=O)Nc1cccc(Cl)c1Cl. The normalized spacial score (nSPS) is 11.0. The number of carbonyl (C=O) groups is 2. The third-order valence-electron chi connectivity index (χ3n) is 3.89. The van der Waals surface area contributed by atoms with E-state index in [0.29, 0.717) is 11.3 Å². The highest BCUT2D eigenvalue weighted by Crippen LogP contribution is 2.30. The Labute approximate surface area is 175 Å². The Morgan fingerprint density at radius 1 is 1.07 bits per heavy atom. The van der Waals surface area contributed by atoms with E-state index >= 15 is 0 Å². The van der Waals surface area contributed by atoms with Crippen molar-refractivity contribution in [3.05, 3.63) is 81.5 Å².